The van der Waals surface area contributed by atoms with Crippen LogP contribution in [0.1, 0.15) is 43.6 Å². The lowest BCUT2D eigenvalue weighted by molar-refractivity contribution is -0.137. The molecule has 5 heteroatoms. The van der Waals surface area contributed by atoms with E-state index in [1.807, 2.05) is 95.3 Å². The van der Waals surface area contributed by atoms with Crippen LogP contribution in [-0.4, -0.2) is 35.4 Å². The minimum Gasteiger partial charge on any atom is -0.483 e. The average Bonchev–Trinajstić information content (AvgIpc) is 2.72. The summed E-state index contributed by atoms with van der Waals surface area (Å²) >= 11 is 0. The Morgan fingerprint density at radius 2 is 1.48 bits per heavy atom. The van der Waals surface area contributed by atoms with Crippen molar-refractivity contribution in [3.05, 3.63) is 71.8 Å². The molecule has 0 aliphatic carbocycles. The Hall–Kier alpha value is -3.34. The molecule has 0 heterocycles. The number of fused-ring (bicyclic) bond motifs is 1. The smallest absolute Gasteiger partial charge is 0.260 e. The maximum absolute atomic E-state index is 13.1. The fourth-order valence-corrected chi connectivity index (χ4v) is 3.81. The Balaban J connectivity index is 1.91. The molecule has 3 rings (SSSR count). The molecule has 0 fully saturated rings. The summed E-state index contributed by atoms with van der Waals surface area (Å²) < 4.78 is 5.93. The molecule has 0 atom stereocenters. The molecular formula is C26H30N2O3. The summed E-state index contributed by atoms with van der Waals surface area (Å²) in [6, 6.07) is 19.2. The molecule has 0 radical (unpaired) electrons. The van der Waals surface area contributed by atoms with Crippen LogP contribution < -0.4 is 10.1 Å². The second-order valence-corrected chi connectivity index (χ2v) is 8.24. The normalized spacial score (nSPS) is 11.1. The lowest BCUT2D eigenvalue weighted by atomic mass is 10.0. The van der Waals surface area contributed by atoms with E-state index in [2.05, 4.69) is 5.32 Å². The van der Waals surface area contributed by atoms with Crippen molar-refractivity contribution < 1.29 is 14.3 Å². The molecule has 2 amide bonds. The third-order valence-corrected chi connectivity index (χ3v) is 5.24. The molecule has 31 heavy (non-hydrogen) atoms. The summed E-state index contributed by atoms with van der Waals surface area (Å²) in [6.07, 6.45) is 0. The Kier molecular flexibility index (Phi) is 6.95. The standard InChI is InChI=1S/C26H30N2O3/c1-17(2)28(18(3)4)25(29)16-31-24-15-21-12-8-7-11-20(21)14-22(24)26(30)27-23-13-9-6-10-19(23)5/h6-15,17-18H,16H2,1-5H3,(H,27,30). The number of hydrogen-bond acceptors (Lipinski definition) is 3. The zero-order chi connectivity index (χ0) is 22.5. The molecule has 3 aromatic carbocycles. The van der Waals surface area contributed by atoms with Gasteiger partial charge in [0.1, 0.15) is 5.75 Å². The molecule has 0 bridgehead atoms. The molecule has 0 aromatic heterocycles. The van der Waals surface area contributed by atoms with Crippen LogP contribution >= 0.6 is 0 Å². The molecule has 5 nitrogen and oxygen atoms in total. The Bertz CT molecular complexity index is 1080. The van der Waals surface area contributed by atoms with E-state index in [1.54, 1.807) is 4.90 Å². The quantitative estimate of drug-likeness (QED) is 0.557. The number of hydrogen-bond donors (Lipinski definition) is 1. The van der Waals surface area contributed by atoms with E-state index in [1.165, 1.54) is 0 Å². The number of para-hydroxylation sites is 1. The fourth-order valence-electron chi connectivity index (χ4n) is 3.81. The number of amides is 2. The topological polar surface area (TPSA) is 58.6 Å². The number of carbonyl (C=O) groups excluding carboxylic acids is 2. The van der Waals surface area contributed by atoms with Crippen LogP contribution in [0.3, 0.4) is 0 Å². The van der Waals surface area contributed by atoms with Crippen LogP contribution in [-0.2, 0) is 4.79 Å². The van der Waals surface area contributed by atoms with Crippen LogP contribution in [0.15, 0.2) is 60.7 Å². The summed E-state index contributed by atoms with van der Waals surface area (Å²) in [5, 5.41) is 4.84. The molecule has 1 N–H and O–H groups in total. The van der Waals surface area contributed by atoms with Crippen LogP contribution in [0.25, 0.3) is 10.8 Å². The second kappa shape index (κ2) is 9.65. The van der Waals surface area contributed by atoms with E-state index in [-0.39, 0.29) is 30.5 Å². The highest BCUT2D eigenvalue weighted by Crippen LogP contribution is 2.28. The van der Waals surface area contributed by atoms with Gasteiger partial charge in [-0.2, -0.15) is 0 Å². The van der Waals surface area contributed by atoms with Gasteiger partial charge < -0.3 is 15.0 Å². The van der Waals surface area contributed by atoms with Crippen molar-refractivity contribution >= 4 is 28.3 Å². The number of rotatable bonds is 7. The van der Waals surface area contributed by atoms with Gasteiger partial charge in [0.25, 0.3) is 11.8 Å². The third kappa shape index (κ3) is 5.23. The van der Waals surface area contributed by atoms with E-state index in [4.69, 9.17) is 4.74 Å². The first-order valence-electron chi connectivity index (χ1n) is 10.6. The molecular weight excluding hydrogens is 388 g/mol. The minimum absolute atomic E-state index is 0.0662. The average molecular weight is 419 g/mol. The molecule has 0 aliphatic heterocycles. The van der Waals surface area contributed by atoms with E-state index in [9.17, 15) is 9.59 Å². The van der Waals surface area contributed by atoms with Gasteiger partial charge in [-0.15, -0.1) is 0 Å². The fraction of sp³-hybridized carbons (Fsp3) is 0.308. The highest BCUT2D eigenvalue weighted by atomic mass is 16.5. The van der Waals surface area contributed by atoms with Gasteiger partial charge in [0.2, 0.25) is 0 Å². The molecule has 162 valence electrons. The SMILES string of the molecule is Cc1ccccc1NC(=O)c1cc2ccccc2cc1OCC(=O)N(C(C)C)C(C)C. The van der Waals surface area contributed by atoms with E-state index in [0.717, 1.165) is 22.0 Å². The van der Waals surface area contributed by atoms with Crippen molar-refractivity contribution in [1.82, 2.24) is 4.90 Å². The summed E-state index contributed by atoms with van der Waals surface area (Å²) in [4.78, 5) is 27.7. The summed E-state index contributed by atoms with van der Waals surface area (Å²) in [5.41, 5.74) is 2.11. The lowest BCUT2D eigenvalue weighted by Gasteiger charge is -2.30. The van der Waals surface area contributed by atoms with Crippen LogP contribution in [0.2, 0.25) is 0 Å². The molecule has 0 unspecified atom stereocenters. The zero-order valence-corrected chi connectivity index (χ0v) is 18.8. The number of ether oxygens (including phenoxy) is 1. The number of nitrogens with one attached hydrogen (secondary N) is 1. The first-order chi connectivity index (χ1) is 14.8. The third-order valence-electron chi connectivity index (χ3n) is 5.24. The number of anilines is 1. The van der Waals surface area contributed by atoms with Crippen LogP contribution in [0, 0.1) is 6.92 Å². The summed E-state index contributed by atoms with van der Waals surface area (Å²) in [5.74, 6) is 0.0149. The van der Waals surface area contributed by atoms with Gasteiger partial charge in [-0.25, -0.2) is 0 Å². The zero-order valence-electron chi connectivity index (χ0n) is 18.8. The van der Waals surface area contributed by atoms with Crippen molar-refractivity contribution in [3.8, 4) is 5.75 Å². The molecule has 3 aromatic rings. The maximum atomic E-state index is 13.1. The van der Waals surface area contributed by atoms with Gasteiger partial charge in [-0.1, -0.05) is 42.5 Å². The van der Waals surface area contributed by atoms with E-state index < -0.39 is 0 Å². The Morgan fingerprint density at radius 3 is 2.10 bits per heavy atom. The van der Waals surface area contributed by atoms with Gasteiger partial charge >= 0.3 is 0 Å². The Morgan fingerprint density at radius 1 is 0.903 bits per heavy atom. The van der Waals surface area contributed by atoms with Crippen molar-refractivity contribution in [2.24, 2.45) is 0 Å². The lowest BCUT2D eigenvalue weighted by Crippen LogP contribution is -2.44. The highest BCUT2D eigenvalue weighted by molar-refractivity contribution is 6.09. The minimum atomic E-state index is -0.271. The van der Waals surface area contributed by atoms with Crippen molar-refractivity contribution in [1.29, 1.82) is 0 Å². The summed E-state index contributed by atoms with van der Waals surface area (Å²) in [7, 11) is 0. The van der Waals surface area contributed by atoms with E-state index >= 15 is 0 Å². The van der Waals surface area contributed by atoms with Gasteiger partial charge in [0.15, 0.2) is 6.61 Å². The monoisotopic (exact) mass is 418 g/mol. The Labute approximate surface area is 184 Å². The van der Waals surface area contributed by atoms with Crippen molar-refractivity contribution in [3.63, 3.8) is 0 Å². The van der Waals surface area contributed by atoms with E-state index in [0.29, 0.717) is 11.3 Å². The molecule has 0 aliphatic rings. The number of nitrogens with zero attached hydrogens (tertiary/aromatic N) is 1. The van der Waals surface area contributed by atoms with Crippen molar-refractivity contribution in [2.75, 3.05) is 11.9 Å². The van der Waals surface area contributed by atoms with Gasteiger partial charge in [-0.05, 0) is 69.2 Å². The van der Waals surface area contributed by atoms with Crippen molar-refractivity contribution in [2.45, 2.75) is 46.7 Å². The number of benzene rings is 3. The predicted octanol–water partition coefficient (Wildman–Crippen LogP) is 5.42. The maximum Gasteiger partial charge on any atom is 0.260 e. The second-order valence-electron chi connectivity index (χ2n) is 8.24. The molecule has 0 saturated carbocycles. The molecule has 0 saturated heterocycles. The van der Waals surface area contributed by atoms with Gasteiger partial charge in [-0.3, -0.25) is 9.59 Å². The van der Waals surface area contributed by atoms with Gasteiger partial charge in [0.05, 0.1) is 5.56 Å². The van der Waals surface area contributed by atoms with Crippen LogP contribution in [0.4, 0.5) is 5.69 Å². The summed E-state index contributed by atoms with van der Waals surface area (Å²) in [6.45, 7) is 9.74. The number of carbonyl (C=O) groups is 2. The van der Waals surface area contributed by atoms with Crippen LogP contribution in [0.5, 0.6) is 5.75 Å². The van der Waals surface area contributed by atoms with Gasteiger partial charge in [0, 0.05) is 17.8 Å². The first kappa shape index (κ1) is 22.3. The first-order valence-corrected chi connectivity index (χ1v) is 10.6. The highest BCUT2D eigenvalue weighted by Gasteiger charge is 2.22. The predicted molar refractivity (Wildman–Crippen MR) is 126 cm³/mol. The molecule has 0 spiro atoms. The number of aryl methyl sites for hydroxylation is 1. The largest absolute Gasteiger partial charge is 0.483 e.